The minimum Gasteiger partial charge on any atom is -0.508 e. The van der Waals surface area contributed by atoms with Crippen LogP contribution in [0.15, 0.2) is 76.5 Å². The molecule has 27 heavy (non-hydrogen) atoms. The second-order valence-corrected chi connectivity index (χ2v) is 8.08. The molecule has 0 saturated carbocycles. The molecule has 0 bridgehead atoms. The molecule has 136 valence electrons. The number of aromatic hydroxyl groups is 1. The van der Waals surface area contributed by atoms with E-state index in [9.17, 15) is 5.11 Å². The third kappa shape index (κ3) is 3.61. The van der Waals surface area contributed by atoms with Crippen LogP contribution in [0.5, 0.6) is 17.2 Å². The van der Waals surface area contributed by atoms with Crippen molar-refractivity contribution in [1.82, 2.24) is 0 Å². The van der Waals surface area contributed by atoms with E-state index in [4.69, 9.17) is 9.47 Å². The van der Waals surface area contributed by atoms with Crippen LogP contribution >= 0.6 is 23.1 Å². The second-order valence-electron chi connectivity index (χ2n) is 5.95. The summed E-state index contributed by atoms with van der Waals surface area (Å²) < 4.78 is 11.9. The van der Waals surface area contributed by atoms with E-state index in [0.29, 0.717) is 0 Å². The number of hydrogen-bond acceptors (Lipinski definition) is 5. The summed E-state index contributed by atoms with van der Waals surface area (Å²) in [6, 6.07) is 21.6. The summed E-state index contributed by atoms with van der Waals surface area (Å²) in [7, 11) is 3.36. The lowest BCUT2D eigenvalue weighted by Gasteiger charge is -2.07. The van der Waals surface area contributed by atoms with Gasteiger partial charge in [0.2, 0.25) is 0 Å². The van der Waals surface area contributed by atoms with E-state index in [1.54, 1.807) is 49.5 Å². The van der Waals surface area contributed by atoms with Crippen LogP contribution in [-0.2, 0) is 0 Å². The van der Waals surface area contributed by atoms with Crippen molar-refractivity contribution in [3.05, 3.63) is 66.7 Å². The number of fused-ring (bicyclic) bond motifs is 1. The molecule has 4 rings (SSSR count). The van der Waals surface area contributed by atoms with E-state index < -0.39 is 0 Å². The van der Waals surface area contributed by atoms with Gasteiger partial charge in [-0.1, -0.05) is 11.8 Å². The van der Waals surface area contributed by atoms with Crippen molar-refractivity contribution in [3.63, 3.8) is 0 Å². The van der Waals surface area contributed by atoms with Gasteiger partial charge in [0, 0.05) is 24.8 Å². The summed E-state index contributed by atoms with van der Waals surface area (Å²) in [5.74, 6) is 1.97. The van der Waals surface area contributed by atoms with Crippen molar-refractivity contribution in [2.45, 2.75) is 9.79 Å². The molecule has 0 aliphatic rings. The van der Waals surface area contributed by atoms with Gasteiger partial charge in [0.05, 0.1) is 14.2 Å². The molecule has 0 amide bonds. The Labute approximate surface area is 166 Å². The molecule has 3 aromatic carbocycles. The van der Waals surface area contributed by atoms with E-state index in [0.717, 1.165) is 22.0 Å². The van der Waals surface area contributed by atoms with E-state index in [-0.39, 0.29) is 5.75 Å². The zero-order valence-electron chi connectivity index (χ0n) is 14.9. The molecule has 0 aliphatic heterocycles. The highest BCUT2D eigenvalue weighted by Crippen LogP contribution is 2.47. The average molecular weight is 395 g/mol. The number of hydrogen-bond donors (Lipinski definition) is 1. The summed E-state index contributed by atoms with van der Waals surface area (Å²) in [4.78, 5) is 3.49. The summed E-state index contributed by atoms with van der Waals surface area (Å²) in [5, 5.41) is 10.8. The summed E-state index contributed by atoms with van der Waals surface area (Å²) >= 11 is 3.46. The fourth-order valence-corrected chi connectivity index (χ4v) is 5.30. The third-order valence-corrected chi connectivity index (χ3v) is 6.73. The maximum Gasteiger partial charge on any atom is 0.120 e. The van der Waals surface area contributed by atoms with E-state index in [2.05, 4.69) is 24.3 Å². The molecule has 0 fully saturated rings. The summed E-state index contributed by atoms with van der Waals surface area (Å²) in [6.45, 7) is 0. The normalized spacial score (nSPS) is 10.9. The Bertz CT molecular complexity index is 1070. The minimum absolute atomic E-state index is 0.273. The summed E-state index contributed by atoms with van der Waals surface area (Å²) in [5.41, 5.74) is 1.15. The Morgan fingerprint density at radius 3 is 2.15 bits per heavy atom. The number of ether oxygens (including phenoxy) is 2. The fourth-order valence-electron chi connectivity index (χ4n) is 2.85. The molecule has 3 nitrogen and oxygen atoms in total. The largest absolute Gasteiger partial charge is 0.508 e. The molecular weight excluding hydrogens is 376 g/mol. The smallest absolute Gasteiger partial charge is 0.120 e. The van der Waals surface area contributed by atoms with Gasteiger partial charge in [-0.25, -0.2) is 0 Å². The zero-order chi connectivity index (χ0) is 18.8. The first-order valence-corrected chi connectivity index (χ1v) is 10.0. The first kappa shape index (κ1) is 17.8. The van der Waals surface area contributed by atoms with Gasteiger partial charge >= 0.3 is 0 Å². The van der Waals surface area contributed by atoms with Gasteiger partial charge in [-0.3, -0.25) is 0 Å². The topological polar surface area (TPSA) is 38.7 Å². The van der Waals surface area contributed by atoms with E-state index >= 15 is 0 Å². The van der Waals surface area contributed by atoms with Crippen molar-refractivity contribution in [2.24, 2.45) is 0 Å². The fraction of sp³-hybridized carbons (Fsp3) is 0.0909. The Kier molecular flexibility index (Phi) is 4.97. The van der Waals surface area contributed by atoms with Gasteiger partial charge < -0.3 is 14.6 Å². The van der Waals surface area contributed by atoms with Crippen molar-refractivity contribution < 1.29 is 14.6 Å². The Morgan fingerprint density at radius 2 is 1.48 bits per heavy atom. The number of phenols is 1. The van der Waals surface area contributed by atoms with Gasteiger partial charge in [0.1, 0.15) is 17.2 Å². The number of phenolic OH excluding ortho intramolecular Hbond substituents is 1. The SMILES string of the molecule is COc1ccc(-c2sc3cc(OC)ccc3c2Sc2ccc(O)cc2)cc1. The quantitative estimate of drug-likeness (QED) is 0.423. The van der Waals surface area contributed by atoms with Crippen molar-refractivity contribution in [1.29, 1.82) is 0 Å². The van der Waals surface area contributed by atoms with Crippen LogP contribution in [0, 0.1) is 0 Å². The molecule has 1 N–H and O–H groups in total. The third-order valence-electron chi connectivity index (χ3n) is 4.26. The molecule has 0 spiro atoms. The minimum atomic E-state index is 0.273. The standard InChI is InChI=1S/C22H18O3S2/c1-24-16-7-3-14(4-8-16)21-22(26-18-10-5-15(23)6-11-18)19-12-9-17(25-2)13-20(19)27-21/h3-13,23H,1-2H3. The van der Waals surface area contributed by atoms with Gasteiger partial charge in [-0.2, -0.15) is 0 Å². The first-order valence-electron chi connectivity index (χ1n) is 8.40. The second kappa shape index (κ2) is 7.55. The van der Waals surface area contributed by atoms with Gasteiger partial charge in [-0.15, -0.1) is 11.3 Å². The molecule has 0 saturated heterocycles. The molecule has 0 aliphatic carbocycles. The number of rotatable bonds is 5. The lowest BCUT2D eigenvalue weighted by Crippen LogP contribution is -1.83. The Morgan fingerprint density at radius 1 is 0.815 bits per heavy atom. The number of benzene rings is 3. The van der Waals surface area contributed by atoms with Gasteiger partial charge in [0.15, 0.2) is 0 Å². The van der Waals surface area contributed by atoms with Crippen LogP contribution in [0.4, 0.5) is 0 Å². The lowest BCUT2D eigenvalue weighted by molar-refractivity contribution is 0.415. The molecule has 0 radical (unpaired) electrons. The Hall–Kier alpha value is -2.63. The highest BCUT2D eigenvalue weighted by atomic mass is 32.2. The highest BCUT2D eigenvalue weighted by molar-refractivity contribution is 8.00. The van der Waals surface area contributed by atoms with Crippen molar-refractivity contribution in [3.8, 4) is 27.7 Å². The molecule has 4 aromatic rings. The predicted octanol–water partition coefficient (Wildman–Crippen LogP) is 6.44. The van der Waals surface area contributed by atoms with Gasteiger partial charge in [0.25, 0.3) is 0 Å². The molecule has 0 unspecified atom stereocenters. The number of thiophene rings is 1. The maximum absolute atomic E-state index is 9.56. The van der Waals surface area contributed by atoms with Crippen LogP contribution in [0.3, 0.4) is 0 Å². The van der Waals surface area contributed by atoms with Crippen molar-refractivity contribution in [2.75, 3.05) is 14.2 Å². The van der Waals surface area contributed by atoms with E-state index in [1.165, 1.54) is 19.9 Å². The van der Waals surface area contributed by atoms with Crippen LogP contribution in [-0.4, -0.2) is 19.3 Å². The lowest BCUT2D eigenvalue weighted by atomic mass is 10.1. The van der Waals surface area contributed by atoms with Crippen LogP contribution < -0.4 is 9.47 Å². The van der Waals surface area contributed by atoms with Crippen molar-refractivity contribution >= 4 is 33.2 Å². The van der Waals surface area contributed by atoms with Gasteiger partial charge in [-0.05, 0) is 72.3 Å². The molecular formula is C22H18O3S2. The molecule has 1 aromatic heterocycles. The zero-order valence-corrected chi connectivity index (χ0v) is 16.6. The first-order chi connectivity index (χ1) is 13.2. The monoisotopic (exact) mass is 394 g/mol. The maximum atomic E-state index is 9.56. The molecule has 0 atom stereocenters. The molecule has 1 heterocycles. The average Bonchev–Trinajstić information content (AvgIpc) is 3.07. The Balaban J connectivity index is 1.85. The number of methoxy groups -OCH3 is 2. The van der Waals surface area contributed by atoms with E-state index in [1.807, 2.05) is 30.3 Å². The summed E-state index contributed by atoms with van der Waals surface area (Å²) in [6.07, 6.45) is 0. The van der Waals surface area contributed by atoms with Crippen LogP contribution in [0.1, 0.15) is 0 Å². The van der Waals surface area contributed by atoms with Crippen LogP contribution in [0.2, 0.25) is 0 Å². The molecule has 5 heteroatoms. The van der Waals surface area contributed by atoms with Crippen LogP contribution in [0.25, 0.3) is 20.5 Å². The predicted molar refractivity (Wildman–Crippen MR) is 113 cm³/mol. The highest BCUT2D eigenvalue weighted by Gasteiger charge is 2.16.